The molecule has 182 valence electrons. The van der Waals surface area contributed by atoms with Crippen LogP contribution in [0, 0.1) is 34.5 Å². The largest absolute Gasteiger partial charge is 0.341 e. The van der Waals surface area contributed by atoms with Gasteiger partial charge in [-0.3, -0.25) is 4.79 Å². The minimum atomic E-state index is -0.471. The van der Waals surface area contributed by atoms with Gasteiger partial charge < -0.3 is 20.5 Å². The molecule has 4 rings (SSSR count). The molecule has 1 aromatic rings. The smallest absolute Gasteiger partial charge is 0.319 e. The minimum Gasteiger partial charge on any atom is -0.341 e. The maximum absolute atomic E-state index is 13.0. The molecule has 3 atom stereocenters. The summed E-state index contributed by atoms with van der Waals surface area (Å²) in [7, 11) is 1.58. The second-order valence-corrected chi connectivity index (χ2v) is 9.84. The summed E-state index contributed by atoms with van der Waals surface area (Å²) >= 11 is 0. The first-order valence-electron chi connectivity index (χ1n) is 11.9. The standard InChI is InChI=1S/C27H32N6O2/c1-17-21(19-14-23(32-26(35)29-4)24-30-12-13-33(24)15-19)6-5-7-22(17)31-25(34)18-8-10-20(11-9-18)27(2,3)16-28/h5,7-10,12-14,19-21H,6,11,15H2,1-4H3,(H,31,34)(H2,29,32,35). The van der Waals surface area contributed by atoms with Crippen molar-refractivity contribution in [2.45, 2.75) is 40.2 Å². The quantitative estimate of drug-likeness (QED) is 0.605. The summed E-state index contributed by atoms with van der Waals surface area (Å²) < 4.78 is 2.05. The van der Waals surface area contributed by atoms with Gasteiger partial charge in [-0.25, -0.2) is 9.78 Å². The van der Waals surface area contributed by atoms with Gasteiger partial charge in [0.15, 0.2) is 5.82 Å². The van der Waals surface area contributed by atoms with E-state index in [1.54, 1.807) is 13.2 Å². The number of fused-ring (bicyclic) bond motifs is 1. The lowest BCUT2D eigenvalue weighted by molar-refractivity contribution is -0.116. The third-order valence-corrected chi connectivity index (χ3v) is 7.22. The fourth-order valence-corrected chi connectivity index (χ4v) is 4.87. The normalized spacial score (nSPS) is 23.6. The number of aromatic nitrogens is 2. The topological polar surface area (TPSA) is 112 Å². The fourth-order valence-electron chi connectivity index (χ4n) is 4.87. The molecule has 3 amide bonds. The van der Waals surface area contributed by atoms with E-state index in [-0.39, 0.29) is 29.7 Å². The number of imidazole rings is 1. The first kappa shape index (κ1) is 24.3. The van der Waals surface area contributed by atoms with Crippen molar-refractivity contribution in [2.75, 3.05) is 7.05 Å². The van der Waals surface area contributed by atoms with Gasteiger partial charge >= 0.3 is 6.03 Å². The Kier molecular flexibility index (Phi) is 6.79. The molecule has 35 heavy (non-hydrogen) atoms. The summed E-state index contributed by atoms with van der Waals surface area (Å²) in [6.07, 6.45) is 17.0. The zero-order valence-corrected chi connectivity index (χ0v) is 20.6. The third-order valence-electron chi connectivity index (χ3n) is 7.22. The molecule has 0 saturated carbocycles. The number of amides is 3. The second kappa shape index (κ2) is 9.79. The molecule has 3 unspecified atom stereocenters. The van der Waals surface area contributed by atoms with Crippen LogP contribution in [0.25, 0.3) is 5.70 Å². The van der Waals surface area contributed by atoms with Gasteiger partial charge in [-0.05, 0) is 57.1 Å². The average Bonchev–Trinajstić information content (AvgIpc) is 3.34. The molecule has 0 saturated heterocycles. The third kappa shape index (κ3) is 4.99. The van der Waals surface area contributed by atoms with Crippen LogP contribution in [-0.2, 0) is 11.3 Å². The van der Waals surface area contributed by atoms with Crippen LogP contribution >= 0.6 is 0 Å². The second-order valence-electron chi connectivity index (χ2n) is 9.84. The molecule has 0 spiro atoms. The van der Waals surface area contributed by atoms with E-state index in [1.165, 1.54) is 0 Å². The van der Waals surface area contributed by atoms with Gasteiger partial charge in [0.1, 0.15) is 0 Å². The molecule has 3 N–H and O–H groups in total. The maximum Gasteiger partial charge on any atom is 0.319 e. The first-order valence-corrected chi connectivity index (χ1v) is 11.9. The highest BCUT2D eigenvalue weighted by atomic mass is 16.2. The van der Waals surface area contributed by atoms with Crippen molar-refractivity contribution < 1.29 is 9.59 Å². The molecular formula is C27H32N6O2. The molecule has 0 fully saturated rings. The van der Waals surface area contributed by atoms with Crippen LogP contribution in [0.4, 0.5) is 4.79 Å². The van der Waals surface area contributed by atoms with E-state index >= 15 is 0 Å². The highest BCUT2D eigenvalue weighted by molar-refractivity contribution is 5.97. The number of rotatable bonds is 5. The van der Waals surface area contributed by atoms with Crippen molar-refractivity contribution in [3.05, 3.63) is 71.5 Å². The average molecular weight is 473 g/mol. The Balaban J connectivity index is 1.50. The monoisotopic (exact) mass is 472 g/mol. The Morgan fingerprint density at radius 2 is 2.03 bits per heavy atom. The van der Waals surface area contributed by atoms with Crippen LogP contribution in [-0.4, -0.2) is 28.5 Å². The van der Waals surface area contributed by atoms with E-state index < -0.39 is 5.41 Å². The molecule has 0 radical (unpaired) electrons. The predicted octanol–water partition coefficient (Wildman–Crippen LogP) is 3.80. The highest BCUT2D eigenvalue weighted by Gasteiger charge is 2.31. The van der Waals surface area contributed by atoms with Gasteiger partial charge in [0, 0.05) is 43.2 Å². The molecule has 2 aliphatic carbocycles. The predicted molar refractivity (Wildman–Crippen MR) is 134 cm³/mol. The number of nitrogens with one attached hydrogen (secondary N) is 3. The van der Waals surface area contributed by atoms with E-state index in [0.29, 0.717) is 17.7 Å². The van der Waals surface area contributed by atoms with Crippen LogP contribution in [0.1, 0.15) is 39.4 Å². The van der Waals surface area contributed by atoms with Crippen molar-refractivity contribution in [2.24, 2.45) is 23.2 Å². The molecular weight excluding hydrogens is 440 g/mol. The van der Waals surface area contributed by atoms with Crippen molar-refractivity contribution in [3.63, 3.8) is 0 Å². The highest BCUT2D eigenvalue weighted by Crippen LogP contribution is 2.36. The Labute approximate surface area is 206 Å². The molecule has 3 aliphatic rings. The van der Waals surface area contributed by atoms with Gasteiger partial charge in [-0.1, -0.05) is 30.4 Å². The SMILES string of the molecule is CNC(=O)NC1=CC(C2CC=CC(NC(=O)C3=CCC(C(C)(C)C#N)C=C3)=C2C)Cn2ccnc21. The number of hydrogen-bond acceptors (Lipinski definition) is 4. The number of carbonyl (C=O) groups excluding carboxylic acids is 2. The fraction of sp³-hybridized carbons (Fsp3) is 0.407. The molecule has 0 bridgehead atoms. The van der Waals surface area contributed by atoms with Crippen molar-refractivity contribution >= 4 is 17.6 Å². The van der Waals surface area contributed by atoms with Crippen LogP contribution in [0.5, 0.6) is 0 Å². The summed E-state index contributed by atoms with van der Waals surface area (Å²) in [5.74, 6) is 0.979. The number of carbonyl (C=O) groups is 2. The summed E-state index contributed by atoms with van der Waals surface area (Å²) in [6, 6.07) is 2.06. The number of allylic oxidation sites excluding steroid dienone is 6. The lowest BCUT2D eigenvalue weighted by atomic mass is 9.76. The van der Waals surface area contributed by atoms with Crippen molar-refractivity contribution in [3.8, 4) is 6.07 Å². The van der Waals surface area contributed by atoms with Crippen molar-refractivity contribution in [1.29, 1.82) is 5.26 Å². The molecule has 8 heteroatoms. The lowest BCUT2D eigenvalue weighted by Crippen LogP contribution is -2.36. The van der Waals surface area contributed by atoms with Gasteiger partial charge in [-0.15, -0.1) is 0 Å². The lowest BCUT2D eigenvalue weighted by Gasteiger charge is -2.32. The number of nitrogens with zero attached hydrogens (tertiary/aromatic N) is 3. The van der Waals surface area contributed by atoms with Crippen LogP contribution in [0.2, 0.25) is 0 Å². The Morgan fingerprint density at radius 3 is 2.71 bits per heavy atom. The molecule has 8 nitrogen and oxygen atoms in total. The summed E-state index contributed by atoms with van der Waals surface area (Å²) in [6.45, 7) is 6.65. The van der Waals surface area contributed by atoms with Crippen LogP contribution < -0.4 is 16.0 Å². The van der Waals surface area contributed by atoms with Gasteiger partial charge in [-0.2, -0.15) is 5.26 Å². The van der Waals surface area contributed by atoms with Crippen LogP contribution in [0.3, 0.4) is 0 Å². The summed E-state index contributed by atoms with van der Waals surface area (Å²) in [5, 5.41) is 18.0. The first-order chi connectivity index (χ1) is 16.7. The van der Waals surface area contributed by atoms with E-state index in [1.807, 2.05) is 44.3 Å². The van der Waals surface area contributed by atoms with Gasteiger partial charge in [0.05, 0.1) is 17.2 Å². The van der Waals surface area contributed by atoms with E-state index in [0.717, 1.165) is 30.1 Å². The van der Waals surface area contributed by atoms with Crippen molar-refractivity contribution in [1.82, 2.24) is 25.5 Å². The van der Waals surface area contributed by atoms with Crippen LogP contribution in [0.15, 0.2) is 65.7 Å². The van der Waals surface area contributed by atoms with E-state index in [4.69, 9.17) is 0 Å². The number of urea groups is 1. The molecule has 1 aliphatic heterocycles. The molecule has 0 aromatic carbocycles. The number of nitriles is 1. The summed E-state index contributed by atoms with van der Waals surface area (Å²) in [4.78, 5) is 29.4. The Hall–Kier alpha value is -3.86. The maximum atomic E-state index is 13.0. The molecule has 2 heterocycles. The zero-order chi connectivity index (χ0) is 25.2. The Bertz CT molecular complexity index is 1220. The zero-order valence-electron chi connectivity index (χ0n) is 20.6. The van der Waals surface area contributed by atoms with Gasteiger partial charge in [0.2, 0.25) is 0 Å². The molecule has 1 aromatic heterocycles. The summed E-state index contributed by atoms with van der Waals surface area (Å²) in [5.41, 5.74) is 2.75. The Morgan fingerprint density at radius 1 is 1.23 bits per heavy atom. The van der Waals surface area contributed by atoms with E-state index in [2.05, 4.69) is 50.6 Å². The van der Waals surface area contributed by atoms with E-state index in [9.17, 15) is 14.9 Å². The minimum absolute atomic E-state index is 0.0905. The van der Waals surface area contributed by atoms with Gasteiger partial charge in [0.25, 0.3) is 5.91 Å². The number of hydrogen-bond donors (Lipinski definition) is 3.